The largest absolute Gasteiger partial charge is 0.296 e. The zero-order chi connectivity index (χ0) is 13.2. The molecule has 0 heterocycles. The fourth-order valence-electron chi connectivity index (χ4n) is 1.62. The number of hydrogen-bond donors (Lipinski definition) is 1. The highest BCUT2D eigenvalue weighted by Gasteiger charge is 2.15. The predicted molar refractivity (Wildman–Crippen MR) is 73.3 cm³/mol. The van der Waals surface area contributed by atoms with E-state index in [0.29, 0.717) is 0 Å². The van der Waals surface area contributed by atoms with Crippen LogP contribution in [0.15, 0.2) is 58.3 Å². The van der Waals surface area contributed by atoms with Crippen molar-refractivity contribution in [2.24, 2.45) is 0 Å². The number of rotatable bonds is 3. The second-order valence-corrected chi connectivity index (χ2v) is 5.86. The lowest BCUT2D eigenvalue weighted by atomic mass is 10.1. The average molecular weight is 280 g/mol. The van der Waals surface area contributed by atoms with Crippen molar-refractivity contribution in [1.29, 1.82) is 0 Å². The van der Waals surface area contributed by atoms with Crippen LogP contribution in [0.5, 0.6) is 0 Å². The monoisotopic (exact) mass is 280 g/mol. The lowest BCUT2D eigenvalue weighted by Gasteiger charge is -2.08. The summed E-state index contributed by atoms with van der Waals surface area (Å²) in [5, 5.41) is 0. The minimum absolute atomic E-state index is 0.127. The van der Waals surface area contributed by atoms with Gasteiger partial charge in [-0.3, -0.25) is 4.18 Å². The first-order valence-corrected chi connectivity index (χ1v) is 7.09. The summed E-state index contributed by atoms with van der Waals surface area (Å²) < 4.78 is 27.8. The van der Waals surface area contributed by atoms with E-state index in [4.69, 9.17) is 0 Å². The second kappa shape index (κ2) is 5.14. The van der Waals surface area contributed by atoms with Crippen LogP contribution < -0.4 is 0 Å². The highest BCUT2D eigenvalue weighted by molar-refractivity contribution is 7.86. The Kier molecular flexibility index (Phi) is 3.75. The third-order valence-corrected chi connectivity index (χ3v) is 4.22. The van der Waals surface area contributed by atoms with Crippen LogP contribution in [0.2, 0.25) is 0 Å². The van der Waals surface area contributed by atoms with Gasteiger partial charge in [0.1, 0.15) is 0 Å². The van der Waals surface area contributed by atoms with Crippen LogP contribution in [0.4, 0.5) is 0 Å². The number of thiol groups is 1. The molecule has 3 nitrogen and oxygen atoms in total. The molecule has 2 aromatic rings. The Balaban J connectivity index is 2.60. The van der Waals surface area contributed by atoms with E-state index in [9.17, 15) is 8.42 Å². The fraction of sp³-hybridized carbons (Fsp3) is 0.0769. The topological polar surface area (TPSA) is 43.4 Å². The Morgan fingerprint density at radius 1 is 1.06 bits per heavy atom. The minimum Gasteiger partial charge on any atom is -0.270 e. The van der Waals surface area contributed by atoms with E-state index in [1.807, 2.05) is 30.3 Å². The fourth-order valence-corrected chi connectivity index (χ4v) is 2.57. The smallest absolute Gasteiger partial charge is 0.270 e. The molecule has 0 aliphatic carbocycles. The van der Waals surface area contributed by atoms with E-state index in [-0.39, 0.29) is 4.90 Å². The molecular formula is C13H12O3S2. The summed E-state index contributed by atoms with van der Waals surface area (Å²) in [6.07, 6.45) is 0. The Bertz CT molecular complexity index is 649. The molecule has 0 aromatic heterocycles. The Morgan fingerprint density at radius 2 is 1.72 bits per heavy atom. The molecular weight excluding hydrogens is 268 g/mol. The van der Waals surface area contributed by atoms with Crippen molar-refractivity contribution in [2.75, 3.05) is 7.11 Å². The van der Waals surface area contributed by atoms with Crippen molar-refractivity contribution in [3.05, 3.63) is 48.5 Å². The van der Waals surface area contributed by atoms with Crippen LogP contribution in [-0.4, -0.2) is 15.5 Å². The zero-order valence-corrected chi connectivity index (χ0v) is 11.4. The van der Waals surface area contributed by atoms with Gasteiger partial charge in [-0.2, -0.15) is 8.42 Å². The van der Waals surface area contributed by atoms with Crippen LogP contribution in [0.25, 0.3) is 11.1 Å². The van der Waals surface area contributed by atoms with Gasteiger partial charge < -0.3 is 0 Å². The first-order chi connectivity index (χ1) is 8.54. The highest BCUT2D eigenvalue weighted by Crippen LogP contribution is 2.29. The molecule has 0 radical (unpaired) electrons. The third kappa shape index (κ3) is 2.58. The molecule has 0 atom stereocenters. The third-order valence-electron chi connectivity index (χ3n) is 2.56. The molecule has 2 aromatic carbocycles. The average Bonchev–Trinajstić information content (AvgIpc) is 2.40. The van der Waals surface area contributed by atoms with Gasteiger partial charge >= 0.3 is 0 Å². The summed E-state index contributed by atoms with van der Waals surface area (Å²) in [7, 11) is -2.53. The lowest BCUT2D eigenvalue weighted by Crippen LogP contribution is -2.02. The quantitative estimate of drug-likeness (QED) is 0.694. The molecule has 0 aliphatic rings. The van der Waals surface area contributed by atoms with Crippen LogP contribution in [0.1, 0.15) is 0 Å². The van der Waals surface area contributed by atoms with Crippen LogP contribution in [0.3, 0.4) is 0 Å². The SMILES string of the molecule is COS(=O)(=O)c1ccc(S)c(-c2ccccc2)c1. The molecule has 0 spiro atoms. The van der Waals surface area contributed by atoms with Crippen molar-refractivity contribution in [2.45, 2.75) is 9.79 Å². The summed E-state index contributed by atoms with van der Waals surface area (Å²) >= 11 is 4.35. The second-order valence-electron chi connectivity index (χ2n) is 3.67. The molecule has 2 rings (SSSR count). The standard InChI is InChI=1S/C13H12O3S2/c1-16-18(14,15)11-7-8-13(17)12(9-11)10-5-3-2-4-6-10/h2-9,17H,1H3. The van der Waals surface area contributed by atoms with Crippen LogP contribution >= 0.6 is 12.6 Å². The molecule has 0 N–H and O–H groups in total. The van der Waals surface area contributed by atoms with Crippen molar-refractivity contribution in [3.63, 3.8) is 0 Å². The van der Waals surface area contributed by atoms with Gasteiger partial charge in [0.25, 0.3) is 10.1 Å². The summed E-state index contributed by atoms with van der Waals surface area (Å²) in [4.78, 5) is 0.845. The highest BCUT2D eigenvalue weighted by atomic mass is 32.2. The summed E-state index contributed by atoms with van der Waals surface area (Å²) in [5.74, 6) is 0. The normalized spacial score (nSPS) is 11.4. The van der Waals surface area contributed by atoms with Gasteiger partial charge in [0.2, 0.25) is 0 Å². The van der Waals surface area contributed by atoms with Crippen LogP contribution in [0, 0.1) is 0 Å². The maximum Gasteiger partial charge on any atom is 0.296 e. The van der Waals surface area contributed by atoms with E-state index < -0.39 is 10.1 Å². The van der Waals surface area contributed by atoms with Gasteiger partial charge in [-0.25, -0.2) is 0 Å². The van der Waals surface area contributed by atoms with Crippen LogP contribution in [-0.2, 0) is 14.3 Å². The Hall–Kier alpha value is -1.30. The minimum atomic E-state index is -3.68. The van der Waals surface area contributed by atoms with Gasteiger partial charge in [0.15, 0.2) is 0 Å². The molecule has 0 aliphatic heterocycles. The number of benzene rings is 2. The van der Waals surface area contributed by atoms with Crippen molar-refractivity contribution in [3.8, 4) is 11.1 Å². The first kappa shape index (κ1) is 13.1. The van der Waals surface area contributed by atoms with Crippen molar-refractivity contribution < 1.29 is 12.6 Å². The zero-order valence-electron chi connectivity index (χ0n) is 9.70. The van der Waals surface area contributed by atoms with E-state index in [0.717, 1.165) is 23.1 Å². The molecule has 0 bridgehead atoms. The van der Waals surface area contributed by atoms with Crippen molar-refractivity contribution in [1.82, 2.24) is 0 Å². The van der Waals surface area contributed by atoms with E-state index >= 15 is 0 Å². The Morgan fingerprint density at radius 3 is 2.33 bits per heavy atom. The Labute approximate surface area is 112 Å². The van der Waals surface area contributed by atoms with Gasteiger partial charge in [-0.05, 0) is 29.3 Å². The first-order valence-electron chi connectivity index (χ1n) is 5.23. The van der Waals surface area contributed by atoms with Gasteiger partial charge in [-0.15, -0.1) is 12.6 Å². The molecule has 5 heteroatoms. The molecule has 0 fully saturated rings. The molecule has 94 valence electrons. The number of hydrogen-bond acceptors (Lipinski definition) is 4. The maximum atomic E-state index is 11.6. The maximum absolute atomic E-state index is 11.6. The molecule has 0 amide bonds. The summed E-state index contributed by atoms with van der Waals surface area (Å²) in [6, 6.07) is 14.2. The molecule has 0 saturated carbocycles. The molecule has 0 unspecified atom stereocenters. The molecule has 0 saturated heterocycles. The van der Waals surface area contributed by atoms with Gasteiger partial charge in [-0.1, -0.05) is 30.3 Å². The van der Waals surface area contributed by atoms with E-state index in [2.05, 4.69) is 16.8 Å². The van der Waals surface area contributed by atoms with E-state index in [1.165, 1.54) is 6.07 Å². The van der Waals surface area contributed by atoms with Gasteiger partial charge in [0, 0.05) is 4.90 Å². The van der Waals surface area contributed by atoms with Crippen molar-refractivity contribution >= 4 is 22.7 Å². The summed E-state index contributed by atoms with van der Waals surface area (Å²) in [6.45, 7) is 0. The summed E-state index contributed by atoms with van der Waals surface area (Å²) in [5.41, 5.74) is 1.67. The predicted octanol–water partition coefficient (Wildman–Crippen LogP) is 2.98. The lowest BCUT2D eigenvalue weighted by molar-refractivity contribution is 0.398. The van der Waals surface area contributed by atoms with Gasteiger partial charge in [0.05, 0.1) is 12.0 Å². The van der Waals surface area contributed by atoms with E-state index in [1.54, 1.807) is 12.1 Å². The molecule has 18 heavy (non-hydrogen) atoms.